The van der Waals surface area contributed by atoms with Crippen molar-refractivity contribution in [2.75, 3.05) is 0 Å². The molecule has 3 rings (SSSR count). The van der Waals surface area contributed by atoms with E-state index in [-0.39, 0.29) is 17.7 Å². The molecule has 2 aromatic carbocycles. The van der Waals surface area contributed by atoms with Crippen LogP contribution in [0.1, 0.15) is 34.6 Å². The van der Waals surface area contributed by atoms with E-state index in [1.807, 2.05) is 42.5 Å². The number of benzene rings is 2. The summed E-state index contributed by atoms with van der Waals surface area (Å²) in [5.74, 6) is -0.587. The first kappa shape index (κ1) is 18.7. The summed E-state index contributed by atoms with van der Waals surface area (Å²) in [4.78, 5) is 24.8. The SMILES string of the molecule is C[C@H](NC(=O)c1ccco1)C(=O)N[C@@H](c1ccccc1)c1ccc(Cl)cc1. The van der Waals surface area contributed by atoms with Gasteiger partial charge in [-0.25, -0.2) is 0 Å². The Morgan fingerprint density at radius 1 is 0.889 bits per heavy atom. The zero-order valence-corrected chi connectivity index (χ0v) is 15.4. The molecule has 1 heterocycles. The summed E-state index contributed by atoms with van der Waals surface area (Å²) in [6.07, 6.45) is 1.41. The molecular formula is C21H19ClN2O3. The molecule has 0 aliphatic rings. The monoisotopic (exact) mass is 382 g/mol. The maximum absolute atomic E-state index is 12.7. The average Bonchev–Trinajstić information content (AvgIpc) is 3.22. The molecule has 2 N–H and O–H groups in total. The van der Waals surface area contributed by atoms with E-state index in [4.69, 9.17) is 16.0 Å². The molecule has 0 unspecified atom stereocenters. The third kappa shape index (κ3) is 4.77. The minimum absolute atomic E-state index is 0.159. The lowest BCUT2D eigenvalue weighted by molar-refractivity contribution is -0.123. The van der Waals surface area contributed by atoms with E-state index in [0.717, 1.165) is 11.1 Å². The van der Waals surface area contributed by atoms with Crippen LogP contribution in [0.25, 0.3) is 0 Å². The lowest BCUT2D eigenvalue weighted by atomic mass is 9.98. The van der Waals surface area contributed by atoms with Crippen molar-refractivity contribution in [1.29, 1.82) is 0 Å². The number of carbonyl (C=O) groups is 2. The molecule has 0 radical (unpaired) electrons. The minimum atomic E-state index is -0.735. The van der Waals surface area contributed by atoms with Gasteiger partial charge in [-0.05, 0) is 42.3 Å². The van der Waals surface area contributed by atoms with Crippen molar-refractivity contribution in [3.63, 3.8) is 0 Å². The topological polar surface area (TPSA) is 71.3 Å². The van der Waals surface area contributed by atoms with Gasteiger partial charge >= 0.3 is 0 Å². The molecule has 0 aliphatic carbocycles. The molecule has 0 bridgehead atoms. The Morgan fingerprint density at radius 2 is 1.56 bits per heavy atom. The summed E-state index contributed by atoms with van der Waals surface area (Å²) in [5.41, 5.74) is 1.82. The van der Waals surface area contributed by atoms with Crippen LogP contribution in [0.15, 0.2) is 77.4 Å². The Labute approximate surface area is 162 Å². The molecule has 0 spiro atoms. The van der Waals surface area contributed by atoms with Crippen LogP contribution in [0.5, 0.6) is 0 Å². The summed E-state index contributed by atoms with van der Waals surface area (Å²) in [7, 11) is 0. The first-order chi connectivity index (χ1) is 13.0. The van der Waals surface area contributed by atoms with E-state index in [9.17, 15) is 9.59 Å². The maximum atomic E-state index is 12.7. The Bertz CT molecular complexity index is 893. The van der Waals surface area contributed by atoms with Gasteiger partial charge in [-0.3, -0.25) is 9.59 Å². The third-order valence-electron chi connectivity index (χ3n) is 4.11. The molecule has 2 atom stereocenters. The smallest absolute Gasteiger partial charge is 0.287 e. The summed E-state index contributed by atoms with van der Waals surface area (Å²) in [6.45, 7) is 1.63. The van der Waals surface area contributed by atoms with Crippen molar-refractivity contribution in [1.82, 2.24) is 10.6 Å². The number of hydrogen-bond donors (Lipinski definition) is 2. The molecule has 6 heteroatoms. The molecule has 27 heavy (non-hydrogen) atoms. The predicted octanol–water partition coefficient (Wildman–Crippen LogP) is 3.96. The number of furan rings is 1. The largest absolute Gasteiger partial charge is 0.459 e. The van der Waals surface area contributed by atoms with Crippen LogP contribution < -0.4 is 10.6 Å². The fraction of sp³-hybridized carbons (Fsp3) is 0.143. The summed E-state index contributed by atoms with van der Waals surface area (Å²) in [6, 6.07) is 19.0. The highest BCUT2D eigenvalue weighted by atomic mass is 35.5. The number of halogens is 1. The third-order valence-corrected chi connectivity index (χ3v) is 4.36. The number of hydrogen-bond acceptors (Lipinski definition) is 3. The lowest BCUT2D eigenvalue weighted by Gasteiger charge is -2.22. The van der Waals surface area contributed by atoms with Gasteiger partial charge in [0.15, 0.2) is 5.76 Å². The second-order valence-corrected chi connectivity index (χ2v) is 6.51. The van der Waals surface area contributed by atoms with Gasteiger partial charge in [0.1, 0.15) is 6.04 Å². The molecule has 2 amide bonds. The van der Waals surface area contributed by atoms with E-state index in [0.29, 0.717) is 5.02 Å². The highest BCUT2D eigenvalue weighted by molar-refractivity contribution is 6.30. The second kappa shape index (κ2) is 8.56. The number of rotatable bonds is 6. The van der Waals surface area contributed by atoms with E-state index in [1.54, 1.807) is 31.2 Å². The van der Waals surface area contributed by atoms with Crippen LogP contribution in [0.2, 0.25) is 5.02 Å². The van der Waals surface area contributed by atoms with E-state index < -0.39 is 11.9 Å². The van der Waals surface area contributed by atoms with Crippen molar-refractivity contribution < 1.29 is 14.0 Å². The van der Waals surface area contributed by atoms with Crippen LogP contribution in [-0.2, 0) is 4.79 Å². The molecule has 0 saturated heterocycles. The van der Waals surface area contributed by atoms with Crippen molar-refractivity contribution >= 4 is 23.4 Å². The zero-order chi connectivity index (χ0) is 19.2. The Morgan fingerprint density at radius 3 is 2.19 bits per heavy atom. The molecule has 0 aliphatic heterocycles. The quantitative estimate of drug-likeness (QED) is 0.678. The van der Waals surface area contributed by atoms with Gasteiger partial charge in [0.25, 0.3) is 5.91 Å². The standard InChI is InChI=1S/C21H19ClN2O3/c1-14(23-21(26)18-8-5-13-27-18)20(25)24-19(15-6-3-2-4-7-15)16-9-11-17(22)12-10-16/h2-14,19H,1H3,(H,23,26)(H,24,25)/t14-,19-/m0/s1. The Hall–Kier alpha value is -3.05. The van der Waals surface area contributed by atoms with Gasteiger partial charge in [-0.1, -0.05) is 54.1 Å². The van der Waals surface area contributed by atoms with Gasteiger partial charge in [-0.2, -0.15) is 0 Å². The van der Waals surface area contributed by atoms with E-state index in [2.05, 4.69) is 10.6 Å². The normalized spacial score (nSPS) is 12.8. The summed E-state index contributed by atoms with van der Waals surface area (Å²) in [5, 5.41) is 6.25. The Kier molecular flexibility index (Phi) is 5.94. The van der Waals surface area contributed by atoms with Gasteiger partial charge in [0.2, 0.25) is 5.91 Å². The van der Waals surface area contributed by atoms with E-state index >= 15 is 0 Å². The first-order valence-corrected chi connectivity index (χ1v) is 8.87. The molecule has 138 valence electrons. The van der Waals surface area contributed by atoms with Crippen LogP contribution >= 0.6 is 11.6 Å². The Balaban J connectivity index is 1.76. The van der Waals surface area contributed by atoms with Crippen molar-refractivity contribution in [3.05, 3.63) is 94.9 Å². The molecule has 0 saturated carbocycles. The highest BCUT2D eigenvalue weighted by Crippen LogP contribution is 2.23. The van der Waals surface area contributed by atoms with Crippen molar-refractivity contribution in [2.24, 2.45) is 0 Å². The number of nitrogens with one attached hydrogen (secondary N) is 2. The van der Waals surface area contributed by atoms with Crippen LogP contribution in [0.3, 0.4) is 0 Å². The zero-order valence-electron chi connectivity index (χ0n) is 14.7. The molecule has 0 fully saturated rings. The maximum Gasteiger partial charge on any atom is 0.287 e. The molecule has 3 aromatic rings. The summed E-state index contributed by atoms with van der Waals surface area (Å²) >= 11 is 5.98. The summed E-state index contributed by atoms with van der Waals surface area (Å²) < 4.78 is 5.05. The van der Waals surface area contributed by atoms with Crippen molar-refractivity contribution in [2.45, 2.75) is 19.0 Å². The van der Waals surface area contributed by atoms with Gasteiger partial charge < -0.3 is 15.1 Å². The van der Waals surface area contributed by atoms with Crippen LogP contribution in [0, 0.1) is 0 Å². The molecule has 1 aromatic heterocycles. The number of amides is 2. The van der Waals surface area contributed by atoms with Gasteiger partial charge in [-0.15, -0.1) is 0 Å². The minimum Gasteiger partial charge on any atom is -0.459 e. The fourth-order valence-corrected chi connectivity index (χ4v) is 2.79. The average molecular weight is 383 g/mol. The molecule has 5 nitrogen and oxygen atoms in total. The highest BCUT2D eigenvalue weighted by Gasteiger charge is 2.22. The van der Waals surface area contributed by atoms with Crippen molar-refractivity contribution in [3.8, 4) is 0 Å². The van der Waals surface area contributed by atoms with E-state index in [1.165, 1.54) is 6.26 Å². The second-order valence-electron chi connectivity index (χ2n) is 6.08. The molecular weight excluding hydrogens is 364 g/mol. The number of carbonyl (C=O) groups excluding carboxylic acids is 2. The van der Waals surface area contributed by atoms with Crippen LogP contribution in [0.4, 0.5) is 0 Å². The predicted molar refractivity (Wildman–Crippen MR) is 104 cm³/mol. The lowest BCUT2D eigenvalue weighted by Crippen LogP contribution is -2.46. The van der Waals surface area contributed by atoms with Gasteiger partial charge in [0.05, 0.1) is 12.3 Å². The van der Waals surface area contributed by atoms with Gasteiger partial charge in [0, 0.05) is 5.02 Å². The van der Waals surface area contributed by atoms with Crippen LogP contribution in [-0.4, -0.2) is 17.9 Å². The fourth-order valence-electron chi connectivity index (χ4n) is 2.67. The first-order valence-electron chi connectivity index (χ1n) is 8.50.